The molecule has 0 unspecified atom stereocenters. The Hall–Kier alpha value is -3.54. The number of ether oxygens (including phenoxy) is 1. The van der Waals surface area contributed by atoms with Gasteiger partial charge in [-0.05, 0) is 60.2 Å². The SMILES string of the molecule is COc1ccc(N(CC(=O)c2c[nH]c(C(=O)N3CCCC3)c2)Cc2ccc(C(C)C)cc2)cc1. The van der Waals surface area contributed by atoms with Gasteiger partial charge in [-0.15, -0.1) is 0 Å². The molecule has 2 aromatic carbocycles. The van der Waals surface area contributed by atoms with Crippen molar-refractivity contribution >= 4 is 17.4 Å². The summed E-state index contributed by atoms with van der Waals surface area (Å²) in [4.78, 5) is 32.8. The lowest BCUT2D eigenvalue weighted by atomic mass is 10.0. The molecule has 34 heavy (non-hydrogen) atoms. The minimum Gasteiger partial charge on any atom is -0.497 e. The van der Waals surface area contributed by atoms with Crippen LogP contribution in [0.2, 0.25) is 0 Å². The number of hydrogen-bond donors (Lipinski definition) is 1. The molecule has 0 bridgehead atoms. The van der Waals surface area contributed by atoms with Crippen LogP contribution in [0, 0.1) is 0 Å². The Morgan fingerprint density at radius 2 is 1.71 bits per heavy atom. The molecule has 4 rings (SSSR count). The fraction of sp³-hybridized carbons (Fsp3) is 0.357. The van der Waals surface area contributed by atoms with E-state index in [4.69, 9.17) is 4.74 Å². The lowest BCUT2D eigenvalue weighted by Crippen LogP contribution is -2.29. The summed E-state index contributed by atoms with van der Waals surface area (Å²) >= 11 is 0. The van der Waals surface area contributed by atoms with Crippen molar-refractivity contribution in [3.63, 3.8) is 0 Å². The number of rotatable bonds is 9. The Kier molecular flexibility index (Phi) is 7.36. The quantitative estimate of drug-likeness (QED) is 0.443. The number of H-pyrrole nitrogens is 1. The first-order valence-electron chi connectivity index (χ1n) is 11.9. The predicted molar refractivity (Wildman–Crippen MR) is 135 cm³/mol. The van der Waals surface area contributed by atoms with Crippen molar-refractivity contribution in [2.75, 3.05) is 31.6 Å². The van der Waals surface area contributed by atoms with Crippen LogP contribution >= 0.6 is 0 Å². The van der Waals surface area contributed by atoms with Crippen molar-refractivity contribution in [1.82, 2.24) is 9.88 Å². The number of carbonyl (C=O) groups is 2. The largest absolute Gasteiger partial charge is 0.497 e. The van der Waals surface area contributed by atoms with Crippen molar-refractivity contribution in [3.05, 3.63) is 83.2 Å². The maximum atomic E-state index is 13.2. The summed E-state index contributed by atoms with van der Waals surface area (Å²) in [7, 11) is 1.64. The van der Waals surface area contributed by atoms with E-state index in [1.807, 2.05) is 29.2 Å². The molecule has 1 saturated heterocycles. The van der Waals surface area contributed by atoms with Crippen LogP contribution in [-0.2, 0) is 6.54 Å². The number of nitrogens with one attached hydrogen (secondary N) is 1. The molecule has 1 aromatic heterocycles. The monoisotopic (exact) mass is 459 g/mol. The van der Waals surface area contributed by atoms with Gasteiger partial charge in [-0.1, -0.05) is 38.1 Å². The van der Waals surface area contributed by atoms with E-state index in [0.29, 0.717) is 23.7 Å². The number of methoxy groups -OCH3 is 1. The molecule has 1 aliphatic heterocycles. The lowest BCUT2D eigenvalue weighted by Gasteiger charge is -2.24. The van der Waals surface area contributed by atoms with E-state index in [1.165, 1.54) is 5.56 Å². The number of ketones is 1. The summed E-state index contributed by atoms with van der Waals surface area (Å²) < 4.78 is 5.30. The minimum absolute atomic E-state index is 0.0335. The summed E-state index contributed by atoms with van der Waals surface area (Å²) in [5.41, 5.74) is 4.36. The molecule has 1 aliphatic rings. The number of hydrogen-bond acceptors (Lipinski definition) is 4. The molecule has 0 aliphatic carbocycles. The normalized spacial score (nSPS) is 13.4. The first kappa shape index (κ1) is 23.6. The predicted octanol–water partition coefficient (Wildman–Crippen LogP) is 5.27. The average molecular weight is 460 g/mol. The molecule has 0 atom stereocenters. The third-order valence-electron chi connectivity index (χ3n) is 6.42. The molecule has 0 saturated carbocycles. The Morgan fingerprint density at radius 1 is 1.03 bits per heavy atom. The molecule has 6 heteroatoms. The molecule has 2 heterocycles. The number of benzene rings is 2. The van der Waals surface area contributed by atoms with Gasteiger partial charge in [0.1, 0.15) is 11.4 Å². The number of amides is 1. The van der Waals surface area contributed by atoms with Crippen LogP contribution in [0.4, 0.5) is 5.69 Å². The molecule has 0 radical (unpaired) electrons. The third-order valence-corrected chi connectivity index (χ3v) is 6.42. The second-order valence-electron chi connectivity index (χ2n) is 9.17. The highest BCUT2D eigenvalue weighted by Gasteiger charge is 2.22. The van der Waals surface area contributed by atoms with Gasteiger partial charge in [0, 0.05) is 37.1 Å². The maximum Gasteiger partial charge on any atom is 0.270 e. The second kappa shape index (κ2) is 10.6. The number of nitrogens with zero attached hydrogens (tertiary/aromatic N) is 2. The van der Waals surface area contributed by atoms with E-state index in [1.54, 1.807) is 19.4 Å². The van der Waals surface area contributed by atoms with Crippen LogP contribution in [0.3, 0.4) is 0 Å². The molecule has 1 fully saturated rings. The average Bonchev–Trinajstić information content (AvgIpc) is 3.56. The van der Waals surface area contributed by atoms with E-state index in [9.17, 15) is 9.59 Å². The first-order valence-corrected chi connectivity index (χ1v) is 11.9. The zero-order valence-corrected chi connectivity index (χ0v) is 20.2. The van der Waals surface area contributed by atoms with Gasteiger partial charge in [-0.3, -0.25) is 9.59 Å². The molecule has 6 nitrogen and oxygen atoms in total. The van der Waals surface area contributed by atoms with Gasteiger partial charge >= 0.3 is 0 Å². The van der Waals surface area contributed by atoms with Gasteiger partial charge in [0.2, 0.25) is 0 Å². The number of Topliss-reactive ketones (excluding diaryl/α,β-unsaturated/α-hetero) is 1. The molecular weight excluding hydrogens is 426 g/mol. The van der Waals surface area contributed by atoms with E-state index in [-0.39, 0.29) is 18.2 Å². The minimum atomic E-state index is -0.0358. The zero-order valence-electron chi connectivity index (χ0n) is 20.2. The number of aromatic nitrogens is 1. The summed E-state index contributed by atoms with van der Waals surface area (Å²) in [6.07, 6.45) is 3.72. The van der Waals surface area contributed by atoms with Crippen molar-refractivity contribution in [1.29, 1.82) is 0 Å². The third kappa shape index (κ3) is 5.50. The molecule has 1 N–H and O–H groups in total. The summed E-state index contributed by atoms with van der Waals surface area (Å²) in [6, 6.07) is 18.0. The van der Waals surface area contributed by atoms with Crippen molar-refractivity contribution in [2.45, 2.75) is 39.2 Å². The van der Waals surface area contributed by atoms with Gasteiger partial charge in [-0.2, -0.15) is 0 Å². The van der Waals surface area contributed by atoms with Gasteiger partial charge in [0.05, 0.1) is 13.7 Å². The molecule has 1 amide bonds. The summed E-state index contributed by atoms with van der Waals surface area (Å²) in [5.74, 6) is 1.17. The summed E-state index contributed by atoms with van der Waals surface area (Å²) in [5, 5.41) is 0. The number of aromatic amines is 1. The highest BCUT2D eigenvalue weighted by molar-refractivity contribution is 6.02. The standard InChI is InChI=1S/C28H33N3O3/c1-20(2)22-8-6-21(7-9-22)18-31(24-10-12-25(34-3)13-11-24)19-27(32)23-16-26(29-17-23)28(33)30-14-4-5-15-30/h6-13,16-17,20,29H,4-5,14-15,18-19H2,1-3H3. The molecule has 178 valence electrons. The van der Waals surface area contributed by atoms with Crippen molar-refractivity contribution < 1.29 is 14.3 Å². The summed E-state index contributed by atoms with van der Waals surface area (Å²) in [6.45, 7) is 6.71. The molecule has 0 spiro atoms. The Bertz CT molecular complexity index is 1110. The van der Waals surface area contributed by atoms with Crippen molar-refractivity contribution in [3.8, 4) is 5.75 Å². The van der Waals surface area contributed by atoms with Gasteiger partial charge in [0.15, 0.2) is 5.78 Å². The Morgan fingerprint density at radius 3 is 2.32 bits per heavy atom. The van der Waals surface area contributed by atoms with E-state index in [2.05, 4.69) is 48.0 Å². The van der Waals surface area contributed by atoms with E-state index < -0.39 is 0 Å². The second-order valence-corrected chi connectivity index (χ2v) is 9.17. The van der Waals surface area contributed by atoms with Gasteiger partial charge in [-0.25, -0.2) is 0 Å². The fourth-order valence-corrected chi connectivity index (χ4v) is 4.29. The zero-order chi connectivity index (χ0) is 24.1. The molecule has 3 aromatic rings. The van der Waals surface area contributed by atoms with E-state index >= 15 is 0 Å². The van der Waals surface area contributed by atoms with Crippen LogP contribution in [0.5, 0.6) is 5.75 Å². The first-order chi connectivity index (χ1) is 16.4. The van der Waals surface area contributed by atoms with Crippen LogP contribution in [0.25, 0.3) is 0 Å². The van der Waals surface area contributed by atoms with E-state index in [0.717, 1.165) is 42.9 Å². The number of likely N-dealkylation sites (tertiary alicyclic amines) is 1. The van der Waals surface area contributed by atoms with Crippen LogP contribution in [-0.4, -0.2) is 48.3 Å². The highest BCUT2D eigenvalue weighted by atomic mass is 16.5. The van der Waals surface area contributed by atoms with Crippen LogP contribution in [0.15, 0.2) is 60.8 Å². The van der Waals surface area contributed by atoms with Crippen molar-refractivity contribution in [2.24, 2.45) is 0 Å². The maximum absolute atomic E-state index is 13.2. The van der Waals surface area contributed by atoms with Gasteiger partial charge < -0.3 is 19.5 Å². The highest BCUT2D eigenvalue weighted by Crippen LogP contribution is 2.23. The number of carbonyl (C=O) groups excluding carboxylic acids is 2. The lowest BCUT2D eigenvalue weighted by molar-refractivity contribution is 0.0787. The van der Waals surface area contributed by atoms with Crippen LogP contribution in [0.1, 0.15) is 64.6 Å². The topological polar surface area (TPSA) is 65.6 Å². The molecular formula is C28H33N3O3. The Labute approximate surface area is 201 Å². The van der Waals surface area contributed by atoms with Crippen LogP contribution < -0.4 is 9.64 Å². The number of anilines is 1. The fourth-order valence-electron chi connectivity index (χ4n) is 4.29. The van der Waals surface area contributed by atoms with Gasteiger partial charge in [0.25, 0.3) is 5.91 Å². The Balaban J connectivity index is 1.52. The smallest absolute Gasteiger partial charge is 0.270 e.